The third-order valence-electron chi connectivity index (χ3n) is 2.06. The summed E-state index contributed by atoms with van der Waals surface area (Å²) in [5.41, 5.74) is 0. The number of carbonyl (C=O) groups excluding carboxylic acids is 1. The minimum absolute atomic E-state index is 0.214. The van der Waals surface area contributed by atoms with Crippen LogP contribution in [0.4, 0.5) is 10.2 Å². The molecule has 1 aromatic rings. The Kier molecular flexibility index (Phi) is 1.96. The molecule has 4 heteroatoms. The zero-order valence-corrected chi connectivity index (χ0v) is 7.03. The Balaban J connectivity index is 2.17. The highest BCUT2D eigenvalue weighted by Crippen LogP contribution is 2.15. The average molecular weight is 180 g/mol. The van der Waals surface area contributed by atoms with Crippen LogP contribution in [-0.4, -0.2) is 23.9 Å². The summed E-state index contributed by atoms with van der Waals surface area (Å²) < 4.78 is 12.5. The maximum absolute atomic E-state index is 12.5. The van der Waals surface area contributed by atoms with Crippen LogP contribution in [0.1, 0.15) is 6.42 Å². The number of nitrogens with zero attached hydrogens (tertiary/aromatic N) is 2. The van der Waals surface area contributed by atoms with E-state index < -0.39 is 0 Å². The number of rotatable bonds is 1. The van der Waals surface area contributed by atoms with Crippen molar-refractivity contribution < 1.29 is 9.18 Å². The van der Waals surface area contributed by atoms with Crippen LogP contribution in [0, 0.1) is 5.82 Å². The van der Waals surface area contributed by atoms with E-state index in [9.17, 15) is 9.18 Å². The summed E-state index contributed by atoms with van der Waals surface area (Å²) in [6.45, 7) is 1.09. The van der Waals surface area contributed by atoms with Gasteiger partial charge in [0.1, 0.15) is 11.6 Å². The van der Waals surface area contributed by atoms with Crippen molar-refractivity contribution in [3.63, 3.8) is 0 Å². The zero-order chi connectivity index (χ0) is 9.26. The van der Waals surface area contributed by atoms with Crippen molar-refractivity contribution in [3.05, 3.63) is 24.1 Å². The lowest BCUT2D eigenvalue weighted by atomic mass is 10.4. The first-order valence-corrected chi connectivity index (χ1v) is 4.14. The van der Waals surface area contributed by atoms with Gasteiger partial charge in [0.05, 0.1) is 12.7 Å². The van der Waals surface area contributed by atoms with Gasteiger partial charge in [-0.1, -0.05) is 0 Å². The summed E-state index contributed by atoms with van der Waals surface area (Å²) in [5.74, 6) is 0.535. The van der Waals surface area contributed by atoms with E-state index in [2.05, 4.69) is 4.98 Å². The number of carbonyl (C=O) groups is 1. The fourth-order valence-corrected chi connectivity index (χ4v) is 1.38. The van der Waals surface area contributed by atoms with Gasteiger partial charge < -0.3 is 4.90 Å². The molecule has 0 N–H and O–H groups in total. The zero-order valence-electron chi connectivity index (χ0n) is 7.03. The smallest absolute Gasteiger partial charge is 0.153 e. The molecule has 0 aliphatic carbocycles. The van der Waals surface area contributed by atoms with E-state index in [-0.39, 0.29) is 11.6 Å². The number of Topliss-reactive ketones (excluding diaryl/α,β-unsaturated/α-hetero) is 1. The summed E-state index contributed by atoms with van der Waals surface area (Å²) in [6, 6.07) is 2.94. The third-order valence-corrected chi connectivity index (χ3v) is 2.06. The van der Waals surface area contributed by atoms with Crippen molar-refractivity contribution >= 4 is 11.6 Å². The van der Waals surface area contributed by atoms with Crippen molar-refractivity contribution in [2.75, 3.05) is 18.0 Å². The fraction of sp³-hybridized carbons (Fsp3) is 0.333. The number of hydrogen-bond acceptors (Lipinski definition) is 3. The number of halogens is 1. The molecule has 1 saturated heterocycles. The first-order valence-electron chi connectivity index (χ1n) is 4.14. The standard InChI is InChI=1S/C9H9FN2O/c10-7-1-2-9(11-5-7)12-4-3-8(13)6-12/h1-2,5H,3-4,6H2. The van der Waals surface area contributed by atoms with E-state index in [1.54, 1.807) is 6.07 Å². The van der Waals surface area contributed by atoms with Crippen molar-refractivity contribution in [3.8, 4) is 0 Å². The molecule has 1 fully saturated rings. The Labute approximate surface area is 75.2 Å². The molecule has 0 aromatic carbocycles. The average Bonchev–Trinajstić information content (AvgIpc) is 2.53. The monoisotopic (exact) mass is 180 g/mol. The van der Waals surface area contributed by atoms with Gasteiger partial charge in [-0.3, -0.25) is 4.79 Å². The minimum Gasteiger partial charge on any atom is -0.349 e. The van der Waals surface area contributed by atoms with Crippen molar-refractivity contribution in [1.29, 1.82) is 0 Å². The Morgan fingerprint density at radius 1 is 1.46 bits per heavy atom. The van der Waals surface area contributed by atoms with E-state index in [0.717, 1.165) is 6.20 Å². The molecule has 1 aliphatic heterocycles. The summed E-state index contributed by atoms with van der Waals surface area (Å²) in [4.78, 5) is 16.7. The highest BCUT2D eigenvalue weighted by atomic mass is 19.1. The molecular formula is C9H9FN2O. The Morgan fingerprint density at radius 3 is 2.85 bits per heavy atom. The Bertz CT molecular complexity index is 323. The van der Waals surface area contributed by atoms with Crippen LogP contribution in [0.2, 0.25) is 0 Å². The summed E-state index contributed by atoms with van der Waals surface area (Å²) >= 11 is 0. The van der Waals surface area contributed by atoms with E-state index >= 15 is 0 Å². The van der Waals surface area contributed by atoms with E-state index in [4.69, 9.17) is 0 Å². The topological polar surface area (TPSA) is 33.2 Å². The lowest BCUT2D eigenvalue weighted by Crippen LogP contribution is -2.20. The Morgan fingerprint density at radius 2 is 2.31 bits per heavy atom. The molecule has 68 valence electrons. The van der Waals surface area contributed by atoms with E-state index in [1.165, 1.54) is 6.07 Å². The van der Waals surface area contributed by atoms with Crippen molar-refractivity contribution in [1.82, 2.24) is 4.98 Å². The second-order valence-electron chi connectivity index (χ2n) is 3.04. The van der Waals surface area contributed by atoms with Gasteiger partial charge in [0.15, 0.2) is 5.78 Å². The van der Waals surface area contributed by atoms with Crippen LogP contribution in [-0.2, 0) is 4.79 Å². The molecule has 0 bridgehead atoms. The quantitative estimate of drug-likeness (QED) is 0.646. The SMILES string of the molecule is O=C1CCN(c2ccc(F)cn2)C1. The molecule has 0 atom stereocenters. The molecule has 1 aromatic heterocycles. The van der Waals surface area contributed by atoms with Gasteiger partial charge in [0.2, 0.25) is 0 Å². The molecule has 2 rings (SSSR count). The molecule has 0 spiro atoms. The normalized spacial score (nSPS) is 16.7. The van der Waals surface area contributed by atoms with Gasteiger partial charge in [-0.2, -0.15) is 0 Å². The summed E-state index contributed by atoms with van der Waals surface area (Å²) in [7, 11) is 0. The van der Waals surface area contributed by atoms with Crippen molar-refractivity contribution in [2.45, 2.75) is 6.42 Å². The molecule has 13 heavy (non-hydrogen) atoms. The van der Waals surface area contributed by atoms with Crippen LogP contribution in [0.3, 0.4) is 0 Å². The maximum atomic E-state index is 12.5. The maximum Gasteiger partial charge on any atom is 0.153 e. The van der Waals surface area contributed by atoms with Gasteiger partial charge in [-0.25, -0.2) is 9.37 Å². The van der Waals surface area contributed by atoms with Crippen LogP contribution in [0.15, 0.2) is 18.3 Å². The number of pyridine rings is 1. The lowest BCUT2D eigenvalue weighted by molar-refractivity contribution is -0.116. The van der Waals surface area contributed by atoms with Crippen LogP contribution in [0.25, 0.3) is 0 Å². The number of anilines is 1. The van der Waals surface area contributed by atoms with E-state index in [0.29, 0.717) is 25.3 Å². The largest absolute Gasteiger partial charge is 0.349 e. The van der Waals surface area contributed by atoms with Gasteiger partial charge >= 0.3 is 0 Å². The molecule has 1 aliphatic rings. The first-order chi connectivity index (χ1) is 6.25. The molecule has 0 unspecified atom stereocenters. The molecular weight excluding hydrogens is 171 g/mol. The first kappa shape index (κ1) is 8.16. The Hall–Kier alpha value is -1.45. The molecule has 2 heterocycles. The molecule has 0 amide bonds. The summed E-state index contributed by atoms with van der Waals surface area (Å²) in [5, 5.41) is 0. The summed E-state index contributed by atoms with van der Waals surface area (Å²) in [6.07, 6.45) is 1.73. The second kappa shape index (κ2) is 3.12. The van der Waals surface area contributed by atoms with Gasteiger partial charge in [-0.15, -0.1) is 0 Å². The fourth-order valence-electron chi connectivity index (χ4n) is 1.38. The van der Waals surface area contributed by atoms with Crippen LogP contribution < -0.4 is 4.90 Å². The van der Waals surface area contributed by atoms with Gasteiger partial charge in [0, 0.05) is 13.0 Å². The van der Waals surface area contributed by atoms with E-state index in [1.807, 2.05) is 4.90 Å². The third kappa shape index (κ3) is 1.66. The number of hydrogen-bond donors (Lipinski definition) is 0. The predicted octanol–water partition coefficient (Wildman–Crippen LogP) is 1.000. The predicted molar refractivity (Wildman–Crippen MR) is 46.0 cm³/mol. The number of aromatic nitrogens is 1. The number of ketones is 1. The minimum atomic E-state index is -0.353. The lowest BCUT2D eigenvalue weighted by Gasteiger charge is -2.14. The van der Waals surface area contributed by atoms with Crippen LogP contribution >= 0.6 is 0 Å². The highest BCUT2D eigenvalue weighted by Gasteiger charge is 2.19. The van der Waals surface area contributed by atoms with Gasteiger partial charge in [-0.05, 0) is 12.1 Å². The van der Waals surface area contributed by atoms with Crippen molar-refractivity contribution in [2.24, 2.45) is 0 Å². The second-order valence-corrected chi connectivity index (χ2v) is 3.04. The molecule has 3 nitrogen and oxygen atoms in total. The van der Waals surface area contributed by atoms with Gasteiger partial charge in [0.25, 0.3) is 0 Å². The van der Waals surface area contributed by atoms with Crippen LogP contribution in [0.5, 0.6) is 0 Å². The molecule has 0 radical (unpaired) electrons. The highest BCUT2D eigenvalue weighted by molar-refractivity contribution is 5.86. The molecule has 0 saturated carbocycles.